The number of benzene rings is 4. The lowest BCUT2D eigenvalue weighted by atomic mass is 9.99. The van der Waals surface area contributed by atoms with Crippen molar-refractivity contribution in [1.82, 2.24) is 9.97 Å². The zero-order chi connectivity index (χ0) is 41.1. The number of anilines is 8. The molecule has 7 N–H and O–H groups in total. The summed E-state index contributed by atoms with van der Waals surface area (Å²) in [5.41, 5.74) is 21.5. The lowest BCUT2D eigenvalue weighted by Crippen LogP contribution is -2.16. The van der Waals surface area contributed by atoms with Crippen LogP contribution in [0.1, 0.15) is 22.5 Å². The Kier molecular flexibility index (Phi) is 10.9. The summed E-state index contributed by atoms with van der Waals surface area (Å²) in [6, 6.07) is 34.4. The van der Waals surface area contributed by atoms with Gasteiger partial charge < -0.3 is 37.2 Å². The Balaban J connectivity index is 1.02. The molecule has 0 spiro atoms. The van der Waals surface area contributed by atoms with E-state index >= 15 is 0 Å². The lowest BCUT2D eigenvalue weighted by Gasteiger charge is -2.22. The van der Waals surface area contributed by atoms with Crippen LogP contribution in [-0.4, -0.2) is 50.0 Å². The van der Waals surface area contributed by atoms with Crippen LogP contribution in [0, 0.1) is 22.7 Å². The van der Waals surface area contributed by atoms with Crippen LogP contribution >= 0.6 is 11.8 Å². The van der Waals surface area contributed by atoms with Gasteiger partial charge in [0.25, 0.3) is 0 Å². The van der Waals surface area contributed by atoms with Gasteiger partial charge in [-0.15, -0.1) is 0 Å². The number of hydrogen-bond acceptors (Lipinski definition) is 12. The molecule has 7 rings (SSSR count). The Bertz CT molecular complexity index is 2480. The highest BCUT2D eigenvalue weighted by atomic mass is 32.2. The van der Waals surface area contributed by atoms with Gasteiger partial charge in [0, 0.05) is 71.9 Å². The summed E-state index contributed by atoms with van der Waals surface area (Å²) in [6.45, 7) is 0. The molecule has 1 aliphatic rings. The third-order valence-corrected chi connectivity index (χ3v) is 10.6. The Labute approximate surface area is 340 Å². The molecule has 4 aromatic carbocycles. The highest BCUT2D eigenvalue weighted by Gasteiger charge is 2.20. The zero-order valence-corrected chi connectivity index (χ0v) is 33.0. The number of hydrogen-bond donors (Lipinski definition) is 5. The van der Waals surface area contributed by atoms with Crippen LogP contribution in [0.5, 0.6) is 0 Å². The van der Waals surface area contributed by atoms with Crippen molar-refractivity contribution in [3.05, 3.63) is 120 Å². The first-order valence-corrected chi connectivity index (χ1v) is 19.0. The van der Waals surface area contributed by atoms with Crippen LogP contribution in [-0.2, 0) is 22.4 Å². The van der Waals surface area contributed by atoms with E-state index in [9.17, 15) is 20.1 Å². The molecule has 2 amide bonds. The smallest absolute Gasteiger partial charge is 0.230 e. The fourth-order valence-electron chi connectivity index (χ4n) is 6.57. The van der Waals surface area contributed by atoms with Gasteiger partial charge in [0.05, 0.1) is 35.6 Å². The van der Waals surface area contributed by atoms with Crippen LogP contribution in [0.15, 0.2) is 107 Å². The van der Waals surface area contributed by atoms with E-state index in [1.165, 1.54) is 11.8 Å². The number of nitriles is 2. The number of rotatable bonds is 10. The van der Waals surface area contributed by atoms with Crippen molar-refractivity contribution in [2.75, 3.05) is 65.4 Å². The summed E-state index contributed by atoms with van der Waals surface area (Å²) in [4.78, 5) is 41.0. The van der Waals surface area contributed by atoms with Crippen molar-refractivity contribution in [3.63, 3.8) is 0 Å². The van der Waals surface area contributed by atoms with Crippen molar-refractivity contribution in [2.45, 2.75) is 22.6 Å². The van der Waals surface area contributed by atoms with E-state index in [1.807, 2.05) is 123 Å². The fourth-order valence-corrected chi connectivity index (χ4v) is 7.63. The average molecular weight is 786 g/mol. The van der Waals surface area contributed by atoms with Crippen molar-refractivity contribution < 1.29 is 9.59 Å². The molecule has 2 aromatic heterocycles. The fraction of sp³-hybridized carbons (Fsp3) is 0.136. The maximum atomic E-state index is 13.3. The first-order chi connectivity index (χ1) is 27.9. The minimum atomic E-state index is -0.294. The number of nitrogens with two attached hydrogens (primary N) is 2. The standard InChI is InChI=1S/C44H39N11O2S/c1-54(2)31-11-5-25(6-12-31)33-17-29(51-43(47)35(33)23-45)21-41(56)49-27-9-15-37-39(19-27)58-40-20-28(10-16-38(40)53-37)50-42(57)22-30-18-34(36(24-46)44(48)52-30)26-7-13-32(14-8-26)55(3)4/h5-20,53H,21-22H2,1-4H3,(H2,47,51)(H2,48,52)(H,49,56)(H,50,57). The minimum Gasteiger partial charge on any atom is -0.383 e. The molecule has 0 aliphatic carbocycles. The van der Waals surface area contributed by atoms with Crippen molar-refractivity contribution in [1.29, 1.82) is 10.5 Å². The van der Waals surface area contributed by atoms with E-state index in [-0.39, 0.29) is 47.4 Å². The number of pyridine rings is 2. The summed E-state index contributed by atoms with van der Waals surface area (Å²) < 4.78 is 0. The molecular weight excluding hydrogens is 747 g/mol. The van der Waals surface area contributed by atoms with Gasteiger partial charge in [0.1, 0.15) is 34.9 Å². The third kappa shape index (κ3) is 8.33. The molecule has 58 heavy (non-hydrogen) atoms. The molecule has 13 nitrogen and oxygen atoms in total. The largest absolute Gasteiger partial charge is 0.383 e. The van der Waals surface area contributed by atoms with Gasteiger partial charge in [0.2, 0.25) is 11.8 Å². The SMILES string of the molecule is CN(C)c1ccc(-c2cc(CC(=O)Nc3ccc4c(c3)Sc3cc(NC(=O)Cc5cc(-c6ccc(N(C)C)cc6)c(C#N)c(N)n5)ccc3N4)nc(N)c2C#N)cc1. The van der Waals surface area contributed by atoms with Crippen molar-refractivity contribution >= 4 is 69.3 Å². The van der Waals surface area contributed by atoms with Crippen LogP contribution in [0.2, 0.25) is 0 Å². The molecule has 6 aromatic rings. The Morgan fingerprint density at radius 2 is 1.03 bits per heavy atom. The number of fused-ring (bicyclic) bond motifs is 2. The van der Waals surface area contributed by atoms with E-state index in [2.05, 4.69) is 38.1 Å². The quantitative estimate of drug-likeness (QED) is 0.0920. The van der Waals surface area contributed by atoms with Gasteiger partial charge in [-0.1, -0.05) is 36.0 Å². The number of nitrogen functional groups attached to an aromatic ring is 2. The highest BCUT2D eigenvalue weighted by molar-refractivity contribution is 7.99. The molecule has 0 saturated carbocycles. The minimum absolute atomic E-state index is 0.0528. The zero-order valence-electron chi connectivity index (χ0n) is 32.2. The van der Waals surface area contributed by atoms with Crippen LogP contribution in [0.3, 0.4) is 0 Å². The predicted octanol–water partition coefficient (Wildman–Crippen LogP) is 7.42. The van der Waals surface area contributed by atoms with Gasteiger partial charge in [0.15, 0.2) is 0 Å². The van der Waals surface area contributed by atoms with Gasteiger partial charge in [-0.3, -0.25) is 9.59 Å². The molecular formula is C44H39N11O2S. The van der Waals surface area contributed by atoms with Gasteiger partial charge in [-0.25, -0.2) is 9.97 Å². The maximum absolute atomic E-state index is 13.3. The number of amides is 2. The molecule has 0 radical (unpaired) electrons. The molecule has 0 bridgehead atoms. The molecule has 0 unspecified atom stereocenters. The summed E-state index contributed by atoms with van der Waals surface area (Å²) in [5, 5.41) is 29.0. The van der Waals surface area contributed by atoms with E-state index in [0.717, 1.165) is 43.7 Å². The first-order valence-electron chi connectivity index (χ1n) is 18.2. The third-order valence-electron chi connectivity index (χ3n) is 9.52. The molecule has 1 aliphatic heterocycles. The second kappa shape index (κ2) is 16.3. The summed E-state index contributed by atoms with van der Waals surface area (Å²) >= 11 is 1.50. The van der Waals surface area contributed by atoms with Crippen LogP contribution in [0.4, 0.5) is 45.8 Å². The van der Waals surface area contributed by atoms with Gasteiger partial charge >= 0.3 is 0 Å². The highest BCUT2D eigenvalue weighted by Crippen LogP contribution is 2.46. The monoisotopic (exact) mass is 785 g/mol. The molecule has 288 valence electrons. The first kappa shape index (κ1) is 38.7. The van der Waals surface area contributed by atoms with Crippen molar-refractivity contribution in [3.8, 4) is 34.4 Å². The Morgan fingerprint density at radius 3 is 1.40 bits per heavy atom. The molecule has 0 atom stereocenters. The van der Waals surface area contributed by atoms with Gasteiger partial charge in [-0.2, -0.15) is 10.5 Å². The van der Waals surface area contributed by atoms with E-state index in [0.29, 0.717) is 33.9 Å². The summed E-state index contributed by atoms with van der Waals surface area (Å²) in [7, 11) is 7.80. The molecule has 3 heterocycles. The summed E-state index contributed by atoms with van der Waals surface area (Å²) in [5.74, 6) is -0.455. The maximum Gasteiger partial charge on any atom is 0.230 e. The molecule has 0 saturated heterocycles. The Morgan fingerprint density at radius 1 is 0.638 bits per heavy atom. The predicted molar refractivity (Wildman–Crippen MR) is 231 cm³/mol. The second-order valence-electron chi connectivity index (χ2n) is 14.0. The van der Waals surface area contributed by atoms with E-state index in [1.54, 1.807) is 12.1 Å². The van der Waals surface area contributed by atoms with Crippen LogP contribution < -0.4 is 37.2 Å². The van der Waals surface area contributed by atoms with E-state index < -0.39 is 0 Å². The van der Waals surface area contributed by atoms with Crippen LogP contribution in [0.25, 0.3) is 22.3 Å². The normalized spacial score (nSPS) is 11.2. The molecule has 14 heteroatoms. The molecule has 0 fully saturated rings. The topological polar surface area (TPSA) is 202 Å². The second-order valence-corrected chi connectivity index (χ2v) is 15.1. The average Bonchev–Trinajstić information content (AvgIpc) is 3.19. The summed E-state index contributed by atoms with van der Waals surface area (Å²) in [6.07, 6.45) is -0.106. The number of carbonyl (C=O) groups excluding carboxylic acids is 2. The number of nitrogens with one attached hydrogen (secondary N) is 3. The van der Waals surface area contributed by atoms with Crippen molar-refractivity contribution in [2.24, 2.45) is 0 Å². The number of nitrogens with zero attached hydrogens (tertiary/aromatic N) is 6. The Hall–Kier alpha value is -7.55. The lowest BCUT2D eigenvalue weighted by molar-refractivity contribution is -0.116. The van der Waals surface area contributed by atoms with E-state index in [4.69, 9.17) is 11.5 Å². The van der Waals surface area contributed by atoms with Gasteiger partial charge in [-0.05, 0) is 83.9 Å². The number of aromatic nitrogens is 2. The number of carbonyl (C=O) groups is 2.